The van der Waals surface area contributed by atoms with Gasteiger partial charge in [-0.2, -0.15) is 0 Å². The summed E-state index contributed by atoms with van der Waals surface area (Å²) < 4.78 is 5.19. The Morgan fingerprint density at radius 3 is 1.73 bits per heavy atom. The van der Waals surface area contributed by atoms with Crippen molar-refractivity contribution in [1.82, 2.24) is 0 Å². The Morgan fingerprint density at radius 1 is 0.808 bits per heavy atom. The highest BCUT2D eigenvalue weighted by Crippen LogP contribution is 2.33. The summed E-state index contributed by atoms with van der Waals surface area (Å²) >= 11 is 1.38. The summed E-state index contributed by atoms with van der Waals surface area (Å²) in [5.41, 5.74) is 1.61. The van der Waals surface area contributed by atoms with E-state index in [0.717, 1.165) is 16.3 Å². The fourth-order valence-electron chi connectivity index (χ4n) is 2.49. The predicted octanol–water partition coefficient (Wildman–Crippen LogP) is 5.63. The number of hydrogen-bond acceptors (Lipinski definition) is 3. The van der Waals surface area contributed by atoms with Crippen molar-refractivity contribution in [2.75, 3.05) is 12.0 Å². The van der Waals surface area contributed by atoms with Crippen molar-refractivity contribution < 1.29 is 9.53 Å². The summed E-state index contributed by atoms with van der Waals surface area (Å²) in [6.45, 7) is 0. The Balaban J connectivity index is 1.99. The third kappa shape index (κ3) is 4.35. The SMILES string of the molecule is CO/C=C(\Sc1ccccc1)C(=O)N(c1ccccc1)c1ccccc1. The van der Waals surface area contributed by atoms with Crippen molar-refractivity contribution in [2.24, 2.45) is 0 Å². The molecule has 0 fully saturated rings. The molecular formula is C22H19NO2S. The van der Waals surface area contributed by atoms with Gasteiger partial charge < -0.3 is 4.74 Å². The number of hydrogen-bond donors (Lipinski definition) is 0. The molecule has 4 heteroatoms. The lowest BCUT2D eigenvalue weighted by Crippen LogP contribution is -2.26. The number of thioether (sulfide) groups is 1. The Kier molecular flexibility index (Phi) is 6.12. The molecule has 3 aromatic rings. The van der Waals surface area contributed by atoms with Gasteiger partial charge in [-0.25, -0.2) is 0 Å². The largest absolute Gasteiger partial charge is 0.503 e. The Hall–Kier alpha value is -2.98. The molecule has 0 saturated carbocycles. The summed E-state index contributed by atoms with van der Waals surface area (Å²) in [5.74, 6) is -0.141. The van der Waals surface area contributed by atoms with Gasteiger partial charge in [-0.3, -0.25) is 9.69 Å². The molecule has 0 saturated heterocycles. The van der Waals surface area contributed by atoms with Gasteiger partial charge in [0, 0.05) is 16.3 Å². The molecule has 0 atom stereocenters. The van der Waals surface area contributed by atoms with E-state index in [9.17, 15) is 4.79 Å². The lowest BCUT2D eigenvalue weighted by atomic mass is 10.2. The minimum Gasteiger partial charge on any atom is -0.503 e. The summed E-state index contributed by atoms with van der Waals surface area (Å²) in [5, 5.41) is 0. The number of rotatable bonds is 6. The Labute approximate surface area is 157 Å². The zero-order valence-electron chi connectivity index (χ0n) is 14.4. The number of para-hydroxylation sites is 2. The maximum absolute atomic E-state index is 13.4. The molecular weight excluding hydrogens is 342 g/mol. The minimum atomic E-state index is -0.141. The number of anilines is 2. The lowest BCUT2D eigenvalue weighted by Gasteiger charge is -2.24. The zero-order chi connectivity index (χ0) is 18.2. The fraction of sp³-hybridized carbons (Fsp3) is 0.0455. The van der Waals surface area contributed by atoms with Crippen molar-refractivity contribution in [3.05, 3.63) is 102 Å². The van der Waals surface area contributed by atoms with Crippen LogP contribution in [-0.2, 0) is 9.53 Å². The molecule has 26 heavy (non-hydrogen) atoms. The van der Waals surface area contributed by atoms with E-state index in [4.69, 9.17) is 4.74 Å². The number of amides is 1. The second-order valence-electron chi connectivity index (χ2n) is 5.44. The Bertz CT molecular complexity index is 825. The number of benzene rings is 3. The number of methoxy groups -OCH3 is 1. The monoisotopic (exact) mass is 361 g/mol. The van der Waals surface area contributed by atoms with Crippen LogP contribution in [0.15, 0.2) is 107 Å². The number of carbonyl (C=O) groups excluding carboxylic acids is 1. The summed E-state index contributed by atoms with van der Waals surface area (Å²) in [6, 6.07) is 29.0. The topological polar surface area (TPSA) is 29.5 Å². The smallest absolute Gasteiger partial charge is 0.272 e. The van der Waals surface area contributed by atoms with Gasteiger partial charge in [0.1, 0.15) is 11.2 Å². The summed E-state index contributed by atoms with van der Waals surface area (Å²) in [7, 11) is 1.55. The van der Waals surface area contributed by atoms with Gasteiger partial charge >= 0.3 is 0 Å². The van der Waals surface area contributed by atoms with E-state index in [1.54, 1.807) is 12.0 Å². The molecule has 0 aromatic heterocycles. The Morgan fingerprint density at radius 2 is 1.27 bits per heavy atom. The molecule has 3 rings (SSSR count). The molecule has 3 nitrogen and oxygen atoms in total. The normalized spacial score (nSPS) is 11.0. The number of carbonyl (C=O) groups is 1. The standard InChI is InChI=1S/C22H19NO2S/c1-25-17-21(26-20-15-9-4-10-16-20)22(24)23(18-11-5-2-6-12-18)19-13-7-3-8-14-19/h2-17H,1H3/b21-17-. The molecule has 0 bridgehead atoms. The molecule has 0 spiro atoms. The maximum atomic E-state index is 13.4. The second kappa shape index (κ2) is 8.92. The van der Waals surface area contributed by atoms with Crippen LogP contribution in [0.1, 0.15) is 0 Å². The van der Waals surface area contributed by atoms with Crippen LogP contribution in [0.4, 0.5) is 11.4 Å². The van der Waals surface area contributed by atoms with E-state index in [1.807, 2.05) is 91.0 Å². The van der Waals surface area contributed by atoms with Crippen LogP contribution < -0.4 is 4.90 Å². The predicted molar refractivity (Wildman–Crippen MR) is 107 cm³/mol. The van der Waals surface area contributed by atoms with Crippen LogP contribution in [0.3, 0.4) is 0 Å². The van der Waals surface area contributed by atoms with Gasteiger partial charge in [0.2, 0.25) is 0 Å². The highest BCUT2D eigenvalue weighted by atomic mass is 32.2. The second-order valence-corrected chi connectivity index (χ2v) is 6.56. The molecule has 1 amide bonds. The first kappa shape index (κ1) is 17.8. The number of ether oxygens (including phenoxy) is 1. The van der Waals surface area contributed by atoms with Crippen LogP contribution in [0.25, 0.3) is 0 Å². The van der Waals surface area contributed by atoms with E-state index >= 15 is 0 Å². The lowest BCUT2D eigenvalue weighted by molar-refractivity contribution is -0.113. The van der Waals surface area contributed by atoms with E-state index in [2.05, 4.69) is 0 Å². The molecule has 0 unspecified atom stereocenters. The van der Waals surface area contributed by atoms with Crippen LogP contribution >= 0.6 is 11.8 Å². The van der Waals surface area contributed by atoms with Gasteiger partial charge in [-0.1, -0.05) is 66.4 Å². The van der Waals surface area contributed by atoms with E-state index in [0.29, 0.717) is 4.91 Å². The van der Waals surface area contributed by atoms with Gasteiger partial charge in [0.05, 0.1) is 7.11 Å². The first-order valence-corrected chi connectivity index (χ1v) is 9.01. The van der Waals surface area contributed by atoms with Crippen LogP contribution in [0.2, 0.25) is 0 Å². The van der Waals surface area contributed by atoms with Crippen molar-refractivity contribution in [3.8, 4) is 0 Å². The molecule has 0 aliphatic rings. The molecule has 0 N–H and O–H groups in total. The molecule has 3 aromatic carbocycles. The maximum Gasteiger partial charge on any atom is 0.272 e. The van der Waals surface area contributed by atoms with Crippen LogP contribution in [-0.4, -0.2) is 13.0 Å². The molecule has 130 valence electrons. The van der Waals surface area contributed by atoms with E-state index in [1.165, 1.54) is 18.0 Å². The number of nitrogens with zero attached hydrogens (tertiary/aromatic N) is 1. The third-order valence-electron chi connectivity index (χ3n) is 3.64. The van der Waals surface area contributed by atoms with Gasteiger partial charge in [-0.05, 0) is 36.4 Å². The average molecular weight is 361 g/mol. The third-order valence-corrected chi connectivity index (χ3v) is 4.64. The van der Waals surface area contributed by atoms with Crippen LogP contribution in [0.5, 0.6) is 0 Å². The van der Waals surface area contributed by atoms with Gasteiger partial charge in [-0.15, -0.1) is 0 Å². The average Bonchev–Trinajstić information content (AvgIpc) is 2.70. The van der Waals surface area contributed by atoms with Crippen LogP contribution in [0, 0.1) is 0 Å². The zero-order valence-corrected chi connectivity index (χ0v) is 15.2. The van der Waals surface area contributed by atoms with Crippen molar-refractivity contribution in [1.29, 1.82) is 0 Å². The summed E-state index contributed by atoms with van der Waals surface area (Å²) in [4.78, 5) is 16.6. The highest BCUT2D eigenvalue weighted by Gasteiger charge is 2.23. The van der Waals surface area contributed by atoms with Gasteiger partial charge in [0.15, 0.2) is 0 Å². The quantitative estimate of drug-likeness (QED) is 0.324. The first-order chi connectivity index (χ1) is 12.8. The minimum absolute atomic E-state index is 0.141. The van der Waals surface area contributed by atoms with Gasteiger partial charge in [0.25, 0.3) is 5.91 Å². The van der Waals surface area contributed by atoms with E-state index < -0.39 is 0 Å². The van der Waals surface area contributed by atoms with E-state index in [-0.39, 0.29) is 5.91 Å². The molecule has 0 radical (unpaired) electrons. The van der Waals surface area contributed by atoms with Crippen molar-refractivity contribution in [3.63, 3.8) is 0 Å². The molecule has 0 heterocycles. The fourth-order valence-corrected chi connectivity index (χ4v) is 3.36. The first-order valence-electron chi connectivity index (χ1n) is 8.20. The van der Waals surface area contributed by atoms with Crippen molar-refractivity contribution in [2.45, 2.75) is 4.90 Å². The van der Waals surface area contributed by atoms with Crippen molar-refractivity contribution >= 4 is 29.0 Å². The summed E-state index contributed by atoms with van der Waals surface area (Å²) in [6.07, 6.45) is 1.50. The molecule has 0 aliphatic carbocycles. The molecule has 0 aliphatic heterocycles. The highest BCUT2D eigenvalue weighted by molar-refractivity contribution is 8.04.